The van der Waals surface area contributed by atoms with Gasteiger partial charge in [-0.25, -0.2) is 19.0 Å². The SMILES string of the molecule is CC(=O)c1ccc(N2CCN(C(=NCc3ccc(F)cc3)Nc3cccc(C(=O)O)c3)CC2)cc1.O=C(O)C(F)(F)F. The lowest BCUT2D eigenvalue weighted by atomic mass is 10.1. The quantitative estimate of drug-likeness (QED) is 0.156. The Morgan fingerprint density at radius 2 is 1.48 bits per heavy atom. The highest BCUT2D eigenvalue weighted by Gasteiger charge is 2.38. The number of anilines is 2. The summed E-state index contributed by atoms with van der Waals surface area (Å²) < 4.78 is 45.0. The van der Waals surface area contributed by atoms with Gasteiger partial charge < -0.3 is 25.3 Å². The molecule has 13 heteroatoms. The number of carboxylic acid groups (broad SMARTS) is 2. The van der Waals surface area contributed by atoms with E-state index in [1.54, 1.807) is 43.3 Å². The Morgan fingerprint density at radius 3 is 2.00 bits per heavy atom. The van der Waals surface area contributed by atoms with Gasteiger partial charge in [-0.15, -0.1) is 0 Å². The number of ketones is 1. The van der Waals surface area contributed by atoms with Gasteiger partial charge in [0.15, 0.2) is 11.7 Å². The van der Waals surface area contributed by atoms with E-state index in [0.717, 1.165) is 24.3 Å². The molecule has 0 aromatic heterocycles. The molecule has 0 spiro atoms. The van der Waals surface area contributed by atoms with Crippen molar-refractivity contribution in [2.24, 2.45) is 4.99 Å². The molecule has 3 aromatic rings. The summed E-state index contributed by atoms with van der Waals surface area (Å²) in [5.74, 6) is -3.38. The number of rotatable bonds is 6. The average Bonchev–Trinajstić information content (AvgIpc) is 2.96. The number of Topliss-reactive ketones (excluding diaryl/α,β-unsaturated/α-hetero) is 1. The first-order valence-corrected chi connectivity index (χ1v) is 12.6. The minimum atomic E-state index is -5.08. The summed E-state index contributed by atoms with van der Waals surface area (Å²) >= 11 is 0. The van der Waals surface area contributed by atoms with Crippen LogP contribution in [0.3, 0.4) is 0 Å². The molecule has 9 nitrogen and oxygen atoms in total. The van der Waals surface area contributed by atoms with Crippen LogP contribution >= 0.6 is 0 Å². The van der Waals surface area contributed by atoms with Gasteiger partial charge in [0, 0.05) is 43.1 Å². The molecule has 0 unspecified atom stereocenters. The first kappa shape index (κ1) is 31.6. The van der Waals surface area contributed by atoms with Gasteiger partial charge in [0.25, 0.3) is 0 Å². The van der Waals surface area contributed by atoms with Crippen molar-refractivity contribution >= 4 is 35.1 Å². The van der Waals surface area contributed by atoms with Crippen LogP contribution in [-0.4, -0.2) is 71.1 Å². The van der Waals surface area contributed by atoms with Crippen molar-refractivity contribution in [1.82, 2.24) is 4.90 Å². The molecule has 1 fully saturated rings. The maximum atomic E-state index is 13.3. The average molecular weight is 589 g/mol. The number of carboxylic acids is 2. The number of carbonyl (C=O) groups excluding carboxylic acids is 1. The third kappa shape index (κ3) is 9.32. The van der Waals surface area contributed by atoms with Gasteiger partial charge in [-0.3, -0.25) is 4.79 Å². The molecule has 1 aliphatic heterocycles. The van der Waals surface area contributed by atoms with Crippen LogP contribution in [-0.2, 0) is 11.3 Å². The van der Waals surface area contributed by atoms with Gasteiger partial charge in [-0.2, -0.15) is 13.2 Å². The largest absolute Gasteiger partial charge is 0.490 e. The van der Waals surface area contributed by atoms with Crippen molar-refractivity contribution in [3.8, 4) is 0 Å². The van der Waals surface area contributed by atoms with Crippen LogP contribution in [0.25, 0.3) is 0 Å². The van der Waals surface area contributed by atoms with Crippen LogP contribution in [0.2, 0.25) is 0 Å². The minimum Gasteiger partial charge on any atom is -0.478 e. The zero-order valence-corrected chi connectivity index (χ0v) is 22.4. The van der Waals surface area contributed by atoms with Crippen LogP contribution < -0.4 is 10.2 Å². The summed E-state index contributed by atoms with van der Waals surface area (Å²) in [6.07, 6.45) is -5.08. The maximum absolute atomic E-state index is 13.3. The summed E-state index contributed by atoms with van der Waals surface area (Å²) in [4.78, 5) is 41.0. The van der Waals surface area contributed by atoms with E-state index in [4.69, 9.17) is 14.9 Å². The molecule has 1 aliphatic rings. The van der Waals surface area contributed by atoms with E-state index in [9.17, 15) is 32.3 Å². The fourth-order valence-electron chi connectivity index (χ4n) is 3.92. The second-order valence-electron chi connectivity index (χ2n) is 9.16. The zero-order valence-electron chi connectivity index (χ0n) is 22.4. The summed E-state index contributed by atoms with van der Waals surface area (Å²) in [6.45, 7) is 4.82. The number of halogens is 4. The van der Waals surface area contributed by atoms with Crippen molar-refractivity contribution in [1.29, 1.82) is 0 Å². The lowest BCUT2D eigenvalue weighted by Crippen LogP contribution is -2.50. The normalized spacial score (nSPS) is 13.6. The molecule has 0 bridgehead atoms. The molecule has 4 rings (SSSR count). The summed E-state index contributed by atoms with van der Waals surface area (Å²) in [5.41, 5.74) is 3.43. The summed E-state index contributed by atoms with van der Waals surface area (Å²) in [5, 5.41) is 19.7. The smallest absolute Gasteiger partial charge is 0.478 e. The first-order chi connectivity index (χ1) is 19.8. The molecule has 0 amide bonds. The summed E-state index contributed by atoms with van der Waals surface area (Å²) in [6, 6.07) is 20.4. The Bertz CT molecular complexity index is 1420. The van der Waals surface area contributed by atoms with E-state index in [2.05, 4.69) is 15.1 Å². The van der Waals surface area contributed by atoms with E-state index in [1.165, 1.54) is 12.1 Å². The Labute approximate surface area is 238 Å². The highest BCUT2D eigenvalue weighted by Crippen LogP contribution is 2.19. The number of benzene rings is 3. The third-order valence-electron chi connectivity index (χ3n) is 6.15. The van der Waals surface area contributed by atoms with Crippen molar-refractivity contribution in [3.63, 3.8) is 0 Å². The number of hydrogen-bond donors (Lipinski definition) is 3. The fourth-order valence-corrected chi connectivity index (χ4v) is 3.92. The molecule has 1 heterocycles. The number of piperazine rings is 1. The van der Waals surface area contributed by atoms with E-state index in [-0.39, 0.29) is 17.2 Å². The number of alkyl halides is 3. The molecular weight excluding hydrogens is 560 g/mol. The fraction of sp³-hybridized carbons (Fsp3) is 0.241. The molecular formula is C29H28F4N4O5. The van der Waals surface area contributed by atoms with E-state index in [0.29, 0.717) is 36.8 Å². The predicted molar refractivity (Wildman–Crippen MR) is 148 cm³/mol. The van der Waals surface area contributed by atoms with Gasteiger partial charge in [0.1, 0.15) is 5.82 Å². The molecule has 3 N–H and O–H groups in total. The number of aromatic carboxylic acids is 1. The topological polar surface area (TPSA) is 123 Å². The number of guanidine groups is 1. The number of aliphatic imine (C=N–C) groups is 1. The molecule has 3 aromatic carbocycles. The number of hydrogen-bond acceptors (Lipinski definition) is 5. The lowest BCUT2D eigenvalue weighted by molar-refractivity contribution is -0.192. The first-order valence-electron chi connectivity index (χ1n) is 12.6. The van der Waals surface area contributed by atoms with E-state index < -0.39 is 18.1 Å². The van der Waals surface area contributed by atoms with E-state index >= 15 is 0 Å². The monoisotopic (exact) mass is 588 g/mol. The zero-order chi connectivity index (χ0) is 30.9. The van der Waals surface area contributed by atoms with Crippen LogP contribution in [0.5, 0.6) is 0 Å². The van der Waals surface area contributed by atoms with Gasteiger partial charge in [-0.1, -0.05) is 18.2 Å². The van der Waals surface area contributed by atoms with Gasteiger partial charge >= 0.3 is 18.1 Å². The maximum Gasteiger partial charge on any atom is 0.490 e. The van der Waals surface area contributed by atoms with Crippen LogP contribution in [0.4, 0.5) is 28.9 Å². The number of nitrogens with zero attached hydrogens (tertiary/aromatic N) is 3. The molecule has 42 heavy (non-hydrogen) atoms. The molecule has 1 saturated heterocycles. The minimum absolute atomic E-state index is 0.0430. The third-order valence-corrected chi connectivity index (χ3v) is 6.15. The Hall–Kier alpha value is -4.94. The molecule has 0 radical (unpaired) electrons. The Balaban J connectivity index is 0.000000616. The van der Waals surface area contributed by atoms with Crippen LogP contribution in [0.1, 0.15) is 33.2 Å². The second kappa shape index (κ2) is 14.1. The summed E-state index contributed by atoms with van der Waals surface area (Å²) in [7, 11) is 0. The Kier molecular flexibility index (Phi) is 10.6. The molecule has 0 saturated carbocycles. The van der Waals surface area contributed by atoms with E-state index in [1.807, 2.05) is 24.3 Å². The standard InChI is InChI=1S/C27H27FN4O3.C2HF3O2/c1-19(33)21-7-11-25(12-8-21)31-13-15-32(16-14-31)27(29-18-20-5-9-23(28)10-6-20)30-24-4-2-3-22(17-24)26(34)35;3-2(4,5)1(6)7/h2-12,17H,13-16,18H2,1H3,(H,29,30)(H,34,35);(H,6,7). The predicted octanol–water partition coefficient (Wildman–Crippen LogP) is 5.15. The van der Waals surface area contributed by atoms with Crippen molar-refractivity contribution in [2.75, 3.05) is 36.4 Å². The van der Waals surface area contributed by atoms with Crippen LogP contribution in [0.15, 0.2) is 77.8 Å². The number of nitrogens with one attached hydrogen (secondary N) is 1. The van der Waals surface area contributed by atoms with Crippen molar-refractivity contribution in [2.45, 2.75) is 19.6 Å². The van der Waals surface area contributed by atoms with Crippen molar-refractivity contribution in [3.05, 3.63) is 95.3 Å². The molecule has 222 valence electrons. The molecule has 0 atom stereocenters. The highest BCUT2D eigenvalue weighted by atomic mass is 19.4. The Morgan fingerprint density at radius 1 is 0.881 bits per heavy atom. The van der Waals surface area contributed by atoms with Gasteiger partial charge in [-0.05, 0) is 67.1 Å². The highest BCUT2D eigenvalue weighted by molar-refractivity contribution is 5.96. The number of carbonyl (C=O) groups is 3. The van der Waals surface area contributed by atoms with Crippen LogP contribution in [0, 0.1) is 5.82 Å². The molecule has 0 aliphatic carbocycles. The number of aliphatic carboxylic acids is 1. The lowest BCUT2D eigenvalue weighted by Gasteiger charge is -2.38. The van der Waals surface area contributed by atoms with Crippen molar-refractivity contribution < 1.29 is 42.2 Å². The van der Waals surface area contributed by atoms with Gasteiger partial charge in [0.05, 0.1) is 12.1 Å². The van der Waals surface area contributed by atoms with Gasteiger partial charge in [0.2, 0.25) is 0 Å². The second-order valence-corrected chi connectivity index (χ2v) is 9.16.